The Balaban J connectivity index is 0.000000196. The summed E-state index contributed by atoms with van der Waals surface area (Å²) in [5.41, 5.74) is 13.7. The van der Waals surface area contributed by atoms with Crippen molar-refractivity contribution in [3.05, 3.63) is 194 Å². The third-order valence-corrected chi connectivity index (χ3v) is 27.7. The molecule has 6 aromatic carbocycles. The molecule has 0 spiro atoms. The highest BCUT2D eigenvalue weighted by Crippen LogP contribution is 2.49. The second-order valence-electron chi connectivity index (χ2n) is 37.4. The standard InChI is InChI=1S/C52H72B3N7O10.C44H53B2ClN4O9/c1-33-20-42-36(4)61(54(6)66)43-28-48(47(68-8)26-41(43)51(64)59(42)29-33)71-32-38-23-37(24-39(25-38)58-17-15-57(16-18-58)14-11-13-56-53(5)65)31-70-46-27-44-40(22-35(46)3)50(63)60-30-34(2)21-45(60)52(62(44)55(7)67)72-49-12-9-10-19-69-49;1-25-12-34-28(4)50(45(5)54)35-20-40(39(56-7)18-33(35)43(53)48(34)21-25)59-24-30-15-29(16-31(47)17-30)23-58-38-19-36-32(14-27(38)3)42(52)49-22-26(2)13-37(49)44(51(36)46(6)55)60-41-10-8-9-11-57-41/h22-28,36,42,45,49,52,56,65-67H,1-2,9-21,29-32H2,3-8H3;14-20,28,34,37,41,44,54-55H,1-2,8-13,21-24H2,3-7H3/t36-,42-,45-,49?,52-;28-,34-,37-,41?,44-/m00/s1. The number of carbonyl (C=O) groups excluding carboxylic acids is 4. The SMILES string of the molecule is C=C1C[C@H]2[C@H](C)N(B(C)O)c3cc(OCc4cc(COc5cc6c(cc5C)C(=O)N5CC(=C)C[C@H]5[C@H](OC5CCCCO5)N6B(C)O)cc(N5CCN(CCCNB(C)O)CC5)c4)c(OC)cc3C(=O)N2C1.C=C1C[C@H]2[C@H](C)N(B(C)O)c3cc(OCc4cc(Cl)cc(COc5cc6c(cc5C)C(=O)N5CC(=C)C[C@H]5[C@H](OC5CCCCO5)N6B(C)O)c4)c(OC)cc3C(=O)N2C1. The van der Waals surface area contributed by atoms with Gasteiger partial charge in [0.25, 0.3) is 23.6 Å². The zero-order chi connectivity index (χ0) is 93.5. The van der Waals surface area contributed by atoms with Gasteiger partial charge in [-0.3, -0.25) is 24.1 Å². The van der Waals surface area contributed by atoms with E-state index in [2.05, 4.69) is 59.5 Å². The summed E-state index contributed by atoms with van der Waals surface area (Å²) < 4.78 is 63.2. The van der Waals surface area contributed by atoms with E-state index in [4.69, 9.17) is 59.0 Å². The van der Waals surface area contributed by atoms with E-state index in [0.717, 1.165) is 146 Å². The number of hydrogen-bond donors (Lipinski definition) is 6. The van der Waals surface area contributed by atoms with Crippen LogP contribution in [0.25, 0.3) is 0 Å². The largest absolute Gasteiger partial charge is 0.493 e. The van der Waals surface area contributed by atoms with Gasteiger partial charge in [-0.25, -0.2) is 0 Å². The van der Waals surface area contributed by atoms with Gasteiger partial charge in [-0.15, -0.1) is 0 Å². The number of carbonyl (C=O) groups is 4. The number of methoxy groups -OCH3 is 2. The number of anilines is 5. The molecule has 11 heterocycles. The molecular formula is C96H125B5ClN11O19. The van der Waals surface area contributed by atoms with Crippen molar-refractivity contribution in [1.82, 2.24) is 29.7 Å². The number of aryl methyl sites for hydroxylation is 2. The molecule has 11 aliphatic rings. The minimum absolute atomic E-state index is 0.120. The Morgan fingerprint density at radius 2 is 0.788 bits per heavy atom. The first-order valence-corrected chi connectivity index (χ1v) is 47.0. The number of ether oxygens (including phenoxy) is 10. The predicted molar refractivity (Wildman–Crippen MR) is 514 cm³/mol. The van der Waals surface area contributed by atoms with Gasteiger partial charge in [0.1, 0.15) is 50.4 Å². The first-order valence-electron chi connectivity index (χ1n) is 46.6. The number of benzene rings is 6. The average Bonchev–Trinajstić information content (AvgIpc) is 1.61. The summed E-state index contributed by atoms with van der Waals surface area (Å²) in [6, 6.07) is 24.9. The number of nitrogens with zero attached hydrogens (tertiary/aromatic N) is 10. The van der Waals surface area contributed by atoms with E-state index in [1.54, 1.807) is 73.9 Å². The van der Waals surface area contributed by atoms with Crippen molar-refractivity contribution in [2.24, 2.45) is 0 Å². The van der Waals surface area contributed by atoms with Crippen molar-refractivity contribution < 1.29 is 91.7 Å². The Morgan fingerprint density at radius 3 is 1.15 bits per heavy atom. The summed E-state index contributed by atoms with van der Waals surface area (Å²) in [7, 11) is -1.21. The molecule has 17 rings (SSSR count). The molecule has 7 saturated heterocycles. The number of rotatable bonds is 28. The molecule has 0 saturated carbocycles. The van der Waals surface area contributed by atoms with Crippen molar-refractivity contribution >= 4 is 98.9 Å². The molecule has 11 aliphatic heterocycles. The van der Waals surface area contributed by atoms with E-state index in [-0.39, 0.29) is 86.3 Å². The maximum absolute atomic E-state index is 14.4. The number of piperazine rings is 1. The van der Waals surface area contributed by atoms with Crippen LogP contribution in [0.4, 0.5) is 28.4 Å². The molecule has 0 bridgehead atoms. The zero-order valence-corrected chi connectivity index (χ0v) is 78.7. The van der Waals surface area contributed by atoms with Gasteiger partial charge in [-0.1, -0.05) is 60.2 Å². The van der Waals surface area contributed by atoms with Crippen LogP contribution in [-0.2, 0) is 45.4 Å². The van der Waals surface area contributed by atoms with Crippen LogP contribution in [0, 0.1) is 13.8 Å². The second kappa shape index (κ2) is 40.7. The van der Waals surface area contributed by atoms with Gasteiger partial charge in [-0.05, 0) is 240 Å². The lowest BCUT2D eigenvalue weighted by Gasteiger charge is -2.40. The lowest BCUT2D eigenvalue weighted by Crippen LogP contribution is -2.56. The van der Waals surface area contributed by atoms with Gasteiger partial charge in [-0.2, -0.15) is 0 Å². The number of amides is 4. The summed E-state index contributed by atoms with van der Waals surface area (Å²) in [5, 5.41) is 58.3. The van der Waals surface area contributed by atoms with Crippen molar-refractivity contribution in [3.63, 3.8) is 0 Å². The van der Waals surface area contributed by atoms with Crippen LogP contribution < -0.4 is 57.8 Å². The minimum atomic E-state index is -1.01. The maximum Gasteiger partial charge on any atom is 0.411 e. The van der Waals surface area contributed by atoms with Crippen LogP contribution in [0.2, 0.25) is 39.1 Å². The van der Waals surface area contributed by atoms with Crippen LogP contribution in [0.3, 0.4) is 0 Å². The molecule has 30 nitrogen and oxygen atoms in total. The van der Waals surface area contributed by atoms with Crippen molar-refractivity contribution in [1.29, 1.82) is 0 Å². The Hall–Kier alpha value is -9.87. The summed E-state index contributed by atoms with van der Waals surface area (Å²) >= 11 is 6.67. The molecule has 700 valence electrons. The molecule has 4 amide bonds. The third-order valence-electron chi connectivity index (χ3n) is 27.5. The Kier molecular flexibility index (Phi) is 29.4. The van der Waals surface area contributed by atoms with Crippen LogP contribution in [0.5, 0.6) is 34.5 Å². The molecule has 0 aromatic heterocycles. The van der Waals surface area contributed by atoms with E-state index < -0.39 is 60.3 Å². The molecule has 132 heavy (non-hydrogen) atoms. The molecule has 0 radical (unpaired) electrons. The molecule has 10 atom stereocenters. The fourth-order valence-corrected chi connectivity index (χ4v) is 21.4. The van der Waals surface area contributed by atoms with E-state index >= 15 is 0 Å². The lowest BCUT2D eigenvalue weighted by molar-refractivity contribution is -0.194. The van der Waals surface area contributed by atoms with Gasteiger partial charge >= 0.3 is 35.3 Å². The number of nitrogens with one attached hydrogen (secondary N) is 1. The van der Waals surface area contributed by atoms with E-state index in [9.17, 15) is 44.3 Å². The third kappa shape index (κ3) is 20.1. The van der Waals surface area contributed by atoms with E-state index in [0.29, 0.717) is 150 Å². The van der Waals surface area contributed by atoms with Gasteiger partial charge in [0, 0.05) is 135 Å². The van der Waals surface area contributed by atoms with Crippen LogP contribution in [-0.4, -0.2) is 263 Å². The molecule has 0 aliphatic carbocycles. The average molecular weight is 1830 g/mol. The number of halogens is 1. The Morgan fingerprint density at radius 1 is 0.439 bits per heavy atom. The van der Waals surface area contributed by atoms with Gasteiger partial charge in [0.2, 0.25) is 0 Å². The highest BCUT2D eigenvalue weighted by Gasteiger charge is 2.52. The van der Waals surface area contributed by atoms with Crippen molar-refractivity contribution in [2.75, 3.05) is 117 Å². The smallest absolute Gasteiger partial charge is 0.411 e. The molecule has 2 unspecified atom stereocenters. The number of fused-ring (bicyclic) bond motifs is 8. The zero-order valence-electron chi connectivity index (χ0n) is 78.0. The Bertz CT molecular complexity index is 5350. The molecule has 6 N–H and O–H groups in total. The normalized spacial score (nSPS) is 23.5. The topological polar surface area (TPSA) is 306 Å². The quantitative estimate of drug-likeness (QED) is 0.0151. The maximum atomic E-state index is 14.4. The molecular weight excluding hydrogens is 1700 g/mol. The van der Waals surface area contributed by atoms with Crippen molar-refractivity contribution in [2.45, 2.75) is 220 Å². The van der Waals surface area contributed by atoms with E-state index in [1.165, 1.54) is 7.11 Å². The summed E-state index contributed by atoms with van der Waals surface area (Å²) in [6.07, 6.45) is 6.40. The first-order chi connectivity index (χ1) is 63.3. The Labute approximate surface area is 781 Å². The molecule has 6 aromatic rings. The lowest BCUT2D eigenvalue weighted by atomic mass is 9.80. The highest BCUT2D eigenvalue weighted by atomic mass is 35.5. The van der Waals surface area contributed by atoms with E-state index in [1.807, 2.05) is 101 Å². The van der Waals surface area contributed by atoms with Crippen LogP contribution in [0.1, 0.15) is 159 Å². The van der Waals surface area contributed by atoms with Gasteiger partial charge in [0.15, 0.2) is 35.6 Å². The van der Waals surface area contributed by atoms with Gasteiger partial charge < -0.3 is 121 Å². The van der Waals surface area contributed by atoms with Gasteiger partial charge in [0.05, 0.1) is 60.6 Å². The highest BCUT2D eigenvalue weighted by molar-refractivity contribution is 6.56. The fraction of sp³-hybridized carbons (Fsp3) is 0.500. The summed E-state index contributed by atoms with van der Waals surface area (Å²) in [5.74, 6) is 2.18. The molecule has 7 fully saturated rings. The minimum Gasteiger partial charge on any atom is -0.493 e. The fourth-order valence-electron chi connectivity index (χ4n) is 21.1. The number of hydrogen-bond acceptors (Lipinski definition) is 26. The molecule has 36 heteroatoms. The second-order valence-corrected chi connectivity index (χ2v) is 37.8. The van der Waals surface area contributed by atoms with Crippen molar-refractivity contribution in [3.8, 4) is 34.5 Å². The monoisotopic (exact) mass is 1830 g/mol. The predicted octanol–water partition coefficient (Wildman–Crippen LogP) is 11.5. The summed E-state index contributed by atoms with van der Waals surface area (Å²) in [4.78, 5) is 76.1. The summed E-state index contributed by atoms with van der Waals surface area (Å²) in [6.45, 7) is 41.8. The first kappa shape index (κ1) is 95.3. The van der Waals surface area contributed by atoms with Crippen LogP contribution in [0.15, 0.2) is 134 Å². The van der Waals surface area contributed by atoms with Crippen LogP contribution >= 0.6 is 11.6 Å².